The van der Waals surface area contributed by atoms with Crippen LogP contribution in [0.2, 0.25) is 0 Å². The van der Waals surface area contributed by atoms with Crippen LogP contribution in [0, 0.1) is 0 Å². The summed E-state index contributed by atoms with van der Waals surface area (Å²) in [4.78, 5) is 1.26. The molecule has 0 aliphatic rings. The van der Waals surface area contributed by atoms with Crippen molar-refractivity contribution in [1.29, 1.82) is 0 Å². The normalized spacial score (nSPS) is 10.5. The van der Waals surface area contributed by atoms with Crippen molar-refractivity contribution < 1.29 is 0 Å². The van der Waals surface area contributed by atoms with Gasteiger partial charge in [0.2, 0.25) is 0 Å². The Balaban J connectivity index is 2.35. The van der Waals surface area contributed by atoms with Gasteiger partial charge in [-0.15, -0.1) is 11.3 Å². The van der Waals surface area contributed by atoms with E-state index in [2.05, 4.69) is 33.0 Å². The molecular formula is C9H11N3S. The van der Waals surface area contributed by atoms with Crippen LogP contribution in [0.1, 0.15) is 5.69 Å². The van der Waals surface area contributed by atoms with E-state index in [4.69, 9.17) is 0 Å². The van der Waals surface area contributed by atoms with Gasteiger partial charge in [-0.05, 0) is 18.5 Å². The van der Waals surface area contributed by atoms with Gasteiger partial charge in [0, 0.05) is 17.0 Å². The Bertz CT molecular complexity index is 364. The van der Waals surface area contributed by atoms with Crippen molar-refractivity contribution in [1.82, 2.24) is 15.5 Å². The fraction of sp³-hybridized carbons (Fsp3) is 0.222. The molecule has 68 valence electrons. The molecule has 13 heavy (non-hydrogen) atoms. The molecule has 0 aliphatic heterocycles. The van der Waals surface area contributed by atoms with E-state index in [0.29, 0.717) is 0 Å². The van der Waals surface area contributed by atoms with Gasteiger partial charge in [-0.25, -0.2) is 0 Å². The van der Waals surface area contributed by atoms with Crippen molar-refractivity contribution in [3.05, 3.63) is 29.4 Å². The lowest BCUT2D eigenvalue weighted by molar-refractivity contribution is 0.785. The summed E-state index contributed by atoms with van der Waals surface area (Å²) in [6.45, 7) is 0.827. The second-order valence-corrected chi connectivity index (χ2v) is 3.72. The van der Waals surface area contributed by atoms with Gasteiger partial charge in [0.1, 0.15) is 0 Å². The molecule has 0 amide bonds. The third kappa shape index (κ3) is 1.64. The Hall–Kier alpha value is -1.13. The topological polar surface area (TPSA) is 40.7 Å². The predicted octanol–water partition coefficient (Wildman–Crippen LogP) is 1.86. The highest BCUT2D eigenvalue weighted by Crippen LogP contribution is 2.26. The van der Waals surface area contributed by atoms with Gasteiger partial charge in [-0.1, -0.05) is 6.07 Å². The number of H-pyrrole nitrogens is 1. The van der Waals surface area contributed by atoms with E-state index < -0.39 is 0 Å². The van der Waals surface area contributed by atoms with Crippen molar-refractivity contribution >= 4 is 11.3 Å². The van der Waals surface area contributed by atoms with Crippen LogP contribution in [0.3, 0.4) is 0 Å². The maximum absolute atomic E-state index is 4.04. The second-order valence-electron chi connectivity index (χ2n) is 2.77. The number of nitrogens with one attached hydrogen (secondary N) is 2. The molecule has 0 saturated carbocycles. The number of thiophene rings is 1. The molecule has 0 radical (unpaired) electrons. The summed E-state index contributed by atoms with van der Waals surface area (Å²) >= 11 is 1.73. The second kappa shape index (κ2) is 3.72. The molecule has 2 rings (SSSR count). The maximum Gasteiger partial charge on any atom is 0.0577 e. The molecule has 2 N–H and O–H groups in total. The van der Waals surface area contributed by atoms with Gasteiger partial charge in [-0.2, -0.15) is 5.10 Å². The fourth-order valence-electron chi connectivity index (χ4n) is 1.27. The Morgan fingerprint density at radius 2 is 2.54 bits per heavy atom. The first-order chi connectivity index (χ1) is 6.42. The minimum absolute atomic E-state index is 0.827. The highest BCUT2D eigenvalue weighted by molar-refractivity contribution is 7.13. The molecule has 4 heteroatoms. The SMILES string of the molecule is CNCc1[nH]ncc1-c1cccs1. The van der Waals surface area contributed by atoms with E-state index in [1.807, 2.05) is 13.2 Å². The quantitative estimate of drug-likeness (QED) is 0.781. The third-order valence-electron chi connectivity index (χ3n) is 1.86. The molecule has 2 heterocycles. The van der Waals surface area contributed by atoms with E-state index in [1.54, 1.807) is 11.3 Å². The first-order valence-electron chi connectivity index (χ1n) is 4.12. The summed E-state index contributed by atoms with van der Waals surface area (Å²) in [5.41, 5.74) is 2.34. The van der Waals surface area contributed by atoms with Crippen LogP contribution in [0.5, 0.6) is 0 Å². The summed E-state index contributed by atoms with van der Waals surface area (Å²) in [7, 11) is 1.93. The first-order valence-corrected chi connectivity index (χ1v) is 5.00. The fourth-order valence-corrected chi connectivity index (χ4v) is 2.03. The van der Waals surface area contributed by atoms with Crippen LogP contribution in [-0.2, 0) is 6.54 Å². The zero-order valence-electron chi connectivity index (χ0n) is 7.37. The van der Waals surface area contributed by atoms with Crippen molar-refractivity contribution in [2.24, 2.45) is 0 Å². The summed E-state index contributed by atoms with van der Waals surface area (Å²) < 4.78 is 0. The summed E-state index contributed by atoms with van der Waals surface area (Å²) in [6.07, 6.45) is 1.87. The molecule has 3 nitrogen and oxygen atoms in total. The van der Waals surface area contributed by atoms with E-state index in [1.165, 1.54) is 10.4 Å². The predicted molar refractivity (Wildman–Crippen MR) is 54.7 cm³/mol. The Morgan fingerprint density at radius 1 is 1.62 bits per heavy atom. The van der Waals surface area contributed by atoms with Crippen LogP contribution in [0.4, 0.5) is 0 Å². The molecule has 0 fully saturated rings. The van der Waals surface area contributed by atoms with Gasteiger partial charge >= 0.3 is 0 Å². The van der Waals surface area contributed by atoms with E-state index in [0.717, 1.165) is 12.2 Å². The number of hydrogen-bond acceptors (Lipinski definition) is 3. The number of rotatable bonds is 3. The van der Waals surface area contributed by atoms with E-state index >= 15 is 0 Å². The van der Waals surface area contributed by atoms with Gasteiger partial charge in [0.05, 0.1) is 11.9 Å². The number of aromatic nitrogens is 2. The molecular weight excluding hydrogens is 182 g/mol. The van der Waals surface area contributed by atoms with Crippen LogP contribution in [0.25, 0.3) is 10.4 Å². The zero-order valence-corrected chi connectivity index (χ0v) is 8.19. The lowest BCUT2D eigenvalue weighted by Crippen LogP contribution is -2.06. The van der Waals surface area contributed by atoms with E-state index in [-0.39, 0.29) is 0 Å². The molecule has 0 bridgehead atoms. The molecule has 0 aliphatic carbocycles. The minimum atomic E-state index is 0.827. The van der Waals surface area contributed by atoms with Crippen molar-refractivity contribution in [3.63, 3.8) is 0 Å². The first kappa shape index (κ1) is 8.47. The zero-order chi connectivity index (χ0) is 9.10. The van der Waals surface area contributed by atoms with Gasteiger partial charge in [0.25, 0.3) is 0 Å². The molecule has 0 aromatic carbocycles. The number of hydrogen-bond donors (Lipinski definition) is 2. The lowest BCUT2D eigenvalue weighted by atomic mass is 10.2. The van der Waals surface area contributed by atoms with Crippen LogP contribution in [-0.4, -0.2) is 17.2 Å². The monoisotopic (exact) mass is 193 g/mol. The largest absolute Gasteiger partial charge is 0.314 e. The van der Waals surface area contributed by atoms with E-state index in [9.17, 15) is 0 Å². The lowest BCUT2D eigenvalue weighted by Gasteiger charge is -1.98. The summed E-state index contributed by atoms with van der Waals surface area (Å²) in [6, 6.07) is 4.16. The molecule has 0 atom stereocenters. The Morgan fingerprint density at radius 3 is 3.23 bits per heavy atom. The van der Waals surface area contributed by atoms with Gasteiger partial charge < -0.3 is 5.32 Å². The molecule has 0 unspecified atom stereocenters. The molecule has 0 spiro atoms. The smallest absolute Gasteiger partial charge is 0.0577 e. The average molecular weight is 193 g/mol. The Kier molecular flexibility index (Phi) is 2.42. The summed E-state index contributed by atoms with van der Waals surface area (Å²) in [5.74, 6) is 0. The highest BCUT2D eigenvalue weighted by Gasteiger charge is 2.06. The third-order valence-corrected chi connectivity index (χ3v) is 2.76. The van der Waals surface area contributed by atoms with Crippen LogP contribution < -0.4 is 5.32 Å². The highest BCUT2D eigenvalue weighted by atomic mass is 32.1. The molecule has 0 saturated heterocycles. The molecule has 2 aromatic rings. The van der Waals surface area contributed by atoms with Crippen molar-refractivity contribution in [3.8, 4) is 10.4 Å². The molecule has 2 aromatic heterocycles. The maximum atomic E-state index is 4.04. The standard InChI is InChI=1S/C9H11N3S/c1-10-6-8-7(5-11-12-8)9-3-2-4-13-9/h2-5,10H,6H2,1H3,(H,11,12). The average Bonchev–Trinajstić information content (AvgIpc) is 2.71. The van der Waals surface area contributed by atoms with Crippen LogP contribution >= 0.6 is 11.3 Å². The number of aromatic amines is 1. The number of nitrogens with zero attached hydrogens (tertiary/aromatic N) is 1. The van der Waals surface area contributed by atoms with Crippen molar-refractivity contribution in [2.75, 3.05) is 7.05 Å². The summed E-state index contributed by atoms with van der Waals surface area (Å²) in [5, 5.41) is 12.2. The van der Waals surface area contributed by atoms with Crippen molar-refractivity contribution in [2.45, 2.75) is 6.54 Å². The Labute approximate surface area is 80.8 Å². The van der Waals surface area contributed by atoms with Gasteiger partial charge in [0.15, 0.2) is 0 Å². The van der Waals surface area contributed by atoms with Gasteiger partial charge in [-0.3, -0.25) is 5.10 Å². The van der Waals surface area contributed by atoms with Crippen LogP contribution in [0.15, 0.2) is 23.7 Å². The minimum Gasteiger partial charge on any atom is -0.314 e.